The SMILES string of the molecule is C=Cc1c(/C=C\C)c2cc3c4ccc(C(/C=C\C(C)C=C)=C/C)cc4n(C4=Cc5c(sc6ccccc56)CC(CN=C(/C=C(\N=C)c5ccccc5)c5ccccc5)=C4)c3cc2n1-c1ccccc1.CC. The van der Waals surface area contributed by atoms with Gasteiger partial charge in [0, 0.05) is 60.1 Å². The first-order valence-corrected chi connectivity index (χ1v) is 25.4. The van der Waals surface area contributed by atoms with Crippen molar-refractivity contribution < 1.29 is 0 Å². The summed E-state index contributed by atoms with van der Waals surface area (Å²) in [6, 6.07) is 51.8. The standard InChI is InChI=1S/C64H54N4S.C2H6/c1-7-22-51-54-39-55-52-34-33-48(45(9-3)32-31-43(5)8-2)37-60(52)68(62(55)41-61(54)67(59(51)10-4)49-27-18-13-19-28-49)50-35-44(36-64-56(38-50)53-29-20-21-30-63(53)69-64)42-66-58(47-25-16-12-17-26-47)40-57(65-6)46-23-14-11-15-24-46;1-2/h7-35,37-41,43H,2,4,6,36,42H2,1,3,5H3;1-2H3/b22-7-,32-31-,45-9+,57-40-,66-58?;. The fourth-order valence-corrected chi connectivity index (χ4v) is 10.9. The van der Waals surface area contributed by atoms with E-state index in [9.17, 15) is 0 Å². The Morgan fingerprint density at radius 3 is 2.07 bits per heavy atom. The summed E-state index contributed by atoms with van der Waals surface area (Å²) in [5, 5.41) is 4.81. The lowest BCUT2D eigenvalue weighted by Crippen LogP contribution is -2.03. The molecule has 1 aliphatic carbocycles. The lowest BCUT2D eigenvalue weighted by Gasteiger charge is -2.13. The summed E-state index contributed by atoms with van der Waals surface area (Å²) in [4.78, 5) is 11.3. The van der Waals surface area contributed by atoms with Crippen molar-refractivity contribution in [1.82, 2.24) is 9.13 Å². The summed E-state index contributed by atoms with van der Waals surface area (Å²) in [6.45, 7) is 23.2. The van der Waals surface area contributed by atoms with E-state index in [0.29, 0.717) is 6.54 Å². The summed E-state index contributed by atoms with van der Waals surface area (Å²) in [5.41, 5.74) is 16.2. The maximum Gasteiger partial charge on any atom is 0.0716 e. The topological polar surface area (TPSA) is 34.6 Å². The van der Waals surface area contributed by atoms with Crippen LogP contribution in [-0.2, 0) is 6.42 Å². The number of fused-ring (bicyclic) bond motifs is 7. The molecule has 350 valence electrons. The van der Waals surface area contributed by atoms with Crippen LogP contribution in [0.2, 0.25) is 0 Å². The van der Waals surface area contributed by atoms with Gasteiger partial charge in [0.2, 0.25) is 0 Å². The van der Waals surface area contributed by atoms with Crippen LogP contribution in [0.5, 0.6) is 0 Å². The average molecular weight is 941 g/mol. The molecule has 0 spiro atoms. The zero-order valence-electron chi connectivity index (χ0n) is 41.4. The van der Waals surface area contributed by atoms with Gasteiger partial charge in [0.15, 0.2) is 0 Å². The van der Waals surface area contributed by atoms with Crippen molar-refractivity contribution in [2.24, 2.45) is 15.9 Å². The molecule has 0 bridgehead atoms. The summed E-state index contributed by atoms with van der Waals surface area (Å²) >= 11 is 1.88. The minimum absolute atomic E-state index is 0.248. The molecule has 6 aromatic carbocycles. The van der Waals surface area contributed by atoms with Crippen LogP contribution in [0.1, 0.15) is 73.0 Å². The van der Waals surface area contributed by atoms with Crippen LogP contribution in [0.3, 0.4) is 0 Å². The second kappa shape index (κ2) is 21.7. The number of nitrogens with zero attached hydrogens (tertiary/aromatic N) is 4. The van der Waals surface area contributed by atoms with Gasteiger partial charge in [-0.3, -0.25) is 9.98 Å². The quantitative estimate of drug-likeness (QED) is 0.0592. The van der Waals surface area contributed by atoms with Gasteiger partial charge in [-0.1, -0.05) is 173 Å². The molecule has 5 heteroatoms. The molecule has 4 nitrogen and oxygen atoms in total. The molecule has 0 fully saturated rings. The largest absolute Gasteiger partial charge is 0.309 e. The van der Waals surface area contributed by atoms with Gasteiger partial charge in [-0.05, 0) is 115 Å². The molecule has 3 heterocycles. The number of rotatable bonds is 14. The molecule has 3 aromatic heterocycles. The molecule has 0 N–H and O–H groups in total. The molecular formula is C66H60N4S. The number of para-hydroxylation sites is 1. The van der Waals surface area contributed by atoms with Crippen molar-refractivity contribution in [2.45, 2.75) is 41.0 Å². The second-order valence-electron chi connectivity index (χ2n) is 17.4. The fraction of sp³-hybridized carbons (Fsp3) is 0.121. The Morgan fingerprint density at radius 1 is 0.704 bits per heavy atom. The zero-order valence-corrected chi connectivity index (χ0v) is 42.3. The second-order valence-corrected chi connectivity index (χ2v) is 18.6. The van der Waals surface area contributed by atoms with Gasteiger partial charge < -0.3 is 9.13 Å². The number of aromatic nitrogens is 2. The van der Waals surface area contributed by atoms with Gasteiger partial charge in [0.1, 0.15) is 0 Å². The maximum absolute atomic E-state index is 5.47. The summed E-state index contributed by atoms with van der Waals surface area (Å²) in [7, 11) is 0. The Bertz CT molecular complexity index is 3670. The predicted octanol–water partition coefficient (Wildman–Crippen LogP) is 18.1. The smallest absolute Gasteiger partial charge is 0.0716 e. The van der Waals surface area contributed by atoms with Gasteiger partial charge in [0.05, 0.1) is 40.2 Å². The lowest BCUT2D eigenvalue weighted by molar-refractivity contribution is 0.944. The minimum Gasteiger partial charge on any atom is -0.309 e. The minimum atomic E-state index is 0.248. The van der Waals surface area contributed by atoms with Crippen molar-refractivity contribution in [3.05, 3.63) is 245 Å². The van der Waals surface area contributed by atoms with Gasteiger partial charge in [-0.25, -0.2) is 0 Å². The maximum atomic E-state index is 5.47. The monoisotopic (exact) mass is 940 g/mol. The van der Waals surface area contributed by atoms with Gasteiger partial charge in [-0.15, -0.1) is 17.9 Å². The summed E-state index contributed by atoms with van der Waals surface area (Å²) < 4.78 is 6.13. The van der Waals surface area contributed by atoms with E-state index in [1.54, 1.807) is 0 Å². The molecule has 0 radical (unpaired) electrons. The first kappa shape index (κ1) is 47.9. The molecule has 1 unspecified atom stereocenters. The van der Waals surface area contributed by atoms with Gasteiger partial charge in [-0.2, -0.15) is 0 Å². The van der Waals surface area contributed by atoms with Crippen molar-refractivity contribution in [3.8, 4) is 5.69 Å². The normalized spacial score (nSPS) is 13.8. The highest BCUT2D eigenvalue weighted by Crippen LogP contribution is 2.43. The highest BCUT2D eigenvalue weighted by Gasteiger charge is 2.24. The first-order chi connectivity index (χ1) is 34.9. The highest BCUT2D eigenvalue weighted by atomic mass is 32.1. The predicted molar refractivity (Wildman–Crippen MR) is 314 cm³/mol. The number of benzene rings is 6. The van der Waals surface area contributed by atoms with Crippen molar-refractivity contribution in [2.75, 3.05) is 6.54 Å². The van der Waals surface area contributed by atoms with E-state index in [1.807, 2.05) is 61.6 Å². The van der Waals surface area contributed by atoms with Crippen LogP contribution in [0.15, 0.2) is 217 Å². The number of thiophene rings is 1. The fourth-order valence-electron chi connectivity index (χ4n) is 9.66. The highest BCUT2D eigenvalue weighted by molar-refractivity contribution is 7.19. The van der Waals surface area contributed by atoms with E-state index < -0.39 is 0 Å². The molecule has 0 saturated heterocycles. The van der Waals surface area contributed by atoms with Crippen LogP contribution in [-0.4, -0.2) is 28.1 Å². The van der Waals surface area contributed by atoms with Crippen LogP contribution < -0.4 is 0 Å². The Balaban J connectivity index is 0.00000308. The Labute approximate surface area is 423 Å². The summed E-state index contributed by atoms with van der Waals surface area (Å²) in [5.74, 6) is 0.248. The molecule has 1 atom stereocenters. The number of allylic oxidation sites excluding steroid dienone is 9. The average Bonchev–Trinajstić information content (AvgIpc) is 3.99. The zero-order chi connectivity index (χ0) is 49.4. The lowest BCUT2D eigenvalue weighted by atomic mass is 10.0. The van der Waals surface area contributed by atoms with E-state index in [0.717, 1.165) is 79.3 Å². The molecule has 1 aliphatic rings. The van der Waals surface area contributed by atoms with Crippen LogP contribution >= 0.6 is 11.3 Å². The third kappa shape index (κ3) is 9.49. The third-order valence-corrected chi connectivity index (χ3v) is 14.3. The molecule has 10 rings (SSSR count). The van der Waals surface area contributed by atoms with Gasteiger partial charge >= 0.3 is 0 Å². The molecular weight excluding hydrogens is 881 g/mol. The van der Waals surface area contributed by atoms with E-state index in [-0.39, 0.29) is 5.92 Å². The van der Waals surface area contributed by atoms with E-state index in [4.69, 9.17) is 4.99 Å². The first-order valence-electron chi connectivity index (χ1n) is 24.6. The van der Waals surface area contributed by atoms with E-state index in [1.165, 1.54) is 42.3 Å². The van der Waals surface area contributed by atoms with Crippen LogP contribution in [0.4, 0.5) is 0 Å². The molecule has 0 aliphatic heterocycles. The Hall–Kier alpha value is -8.12. The van der Waals surface area contributed by atoms with Crippen LogP contribution in [0, 0.1) is 5.92 Å². The molecule has 9 aromatic rings. The van der Waals surface area contributed by atoms with E-state index in [2.05, 4.69) is 225 Å². The van der Waals surface area contributed by atoms with Crippen LogP contribution in [0.25, 0.3) is 83.7 Å². The summed E-state index contributed by atoms with van der Waals surface area (Å²) in [6.07, 6.45) is 22.6. The van der Waals surface area contributed by atoms with Crippen molar-refractivity contribution in [1.29, 1.82) is 0 Å². The number of aliphatic imine (C=N–C) groups is 2. The van der Waals surface area contributed by atoms with E-state index >= 15 is 0 Å². The Kier molecular flexibility index (Phi) is 14.6. The molecule has 0 saturated carbocycles. The number of hydrogen-bond donors (Lipinski definition) is 0. The molecule has 71 heavy (non-hydrogen) atoms. The third-order valence-electron chi connectivity index (χ3n) is 13.1. The molecule has 0 amide bonds. The Morgan fingerprint density at radius 2 is 1.38 bits per heavy atom. The number of hydrogen-bond acceptors (Lipinski definition) is 3. The van der Waals surface area contributed by atoms with Crippen molar-refractivity contribution in [3.63, 3.8) is 0 Å². The van der Waals surface area contributed by atoms with Crippen molar-refractivity contribution >= 4 is 102 Å². The van der Waals surface area contributed by atoms with Gasteiger partial charge in [0.25, 0.3) is 0 Å².